The van der Waals surface area contributed by atoms with Gasteiger partial charge in [-0.15, -0.1) is 11.3 Å². The fourth-order valence-electron chi connectivity index (χ4n) is 2.06. The summed E-state index contributed by atoms with van der Waals surface area (Å²) >= 11 is 1.86. The van der Waals surface area contributed by atoms with Gasteiger partial charge in [-0.1, -0.05) is 20.3 Å². The van der Waals surface area contributed by atoms with E-state index in [9.17, 15) is 0 Å². The van der Waals surface area contributed by atoms with E-state index < -0.39 is 0 Å². The highest BCUT2D eigenvalue weighted by atomic mass is 32.1. The van der Waals surface area contributed by atoms with Gasteiger partial charge in [-0.2, -0.15) is 0 Å². The molecule has 0 aliphatic heterocycles. The van der Waals surface area contributed by atoms with Crippen molar-refractivity contribution in [3.05, 3.63) is 15.6 Å². The number of aryl methyl sites for hydroxylation is 2. The Morgan fingerprint density at radius 1 is 1.29 bits per heavy atom. The SMILES string of the molecule is CCCNC(C)C(CC)Cc1nc(C)c(C)s1. The molecule has 2 nitrogen and oxygen atoms in total. The van der Waals surface area contributed by atoms with Crippen LogP contribution in [0.25, 0.3) is 0 Å². The van der Waals surface area contributed by atoms with Gasteiger partial charge in [0.25, 0.3) is 0 Å². The van der Waals surface area contributed by atoms with E-state index in [1.54, 1.807) is 0 Å². The van der Waals surface area contributed by atoms with E-state index in [-0.39, 0.29) is 0 Å². The van der Waals surface area contributed by atoms with Crippen LogP contribution in [0, 0.1) is 19.8 Å². The molecular formula is C14H26N2S. The maximum atomic E-state index is 4.65. The van der Waals surface area contributed by atoms with Gasteiger partial charge in [0.15, 0.2) is 0 Å². The summed E-state index contributed by atoms with van der Waals surface area (Å²) in [6.45, 7) is 12.2. The van der Waals surface area contributed by atoms with E-state index in [0.717, 1.165) is 13.0 Å². The summed E-state index contributed by atoms with van der Waals surface area (Å²) < 4.78 is 0. The topological polar surface area (TPSA) is 24.9 Å². The van der Waals surface area contributed by atoms with Crippen LogP contribution in [0.2, 0.25) is 0 Å². The lowest BCUT2D eigenvalue weighted by Crippen LogP contribution is -2.34. The van der Waals surface area contributed by atoms with Crippen LogP contribution in [0.15, 0.2) is 0 Å². The number of thiazole rings is 1. The molecule has 0 aliphatic rings. The Hall–Kier alpha value is -0.410. The molecule has 0 aromatic carbocycles. The van der Waals surface area contributed by atoms with Crippen LogP contribution in [0.1, 0.15) is 49.2 Å². The molecular weight excluding hydrogens is 228 g/mol. The predicted octanol–water partition coefficient (Wildman–Crippen LogP) is 3.72. The molecule has 0 saturated heterocycles. The molecule has 2 unspecified atom stereocenters. The van der Waals surface area contributed by atoms with Crippen LogP contribution in [0.3, 0.4) is 0 Å². The van der Waals surface area contributed by atoms with E-state index in [4.69, 9.17) is 0 Å². The van der Waals surface area contributed by atoms with Gasteiger partial charge < -0.3 is 5.32 Å². The highest BCUT2D eigenvalue weighted by Gasteiger charge is 2.17. The zero-order valence-corrected chi connectivity index (χ0v) is 12.7. The van der Waals surface area contributed by atoms with E-state index in [2.05, 4.69) is 44.9 Å². The average molecular weight is 254 g/mol. The van der Waals surface area contributed by atoms with Crippen molar-refractivity contribution in [3.8, 4) is 0 Å². The molecule has 0 spiro atoms. The minimum absolute atomic E-state index is 0.587. The molecule has 1 rings (SSSR count). The molecule has 98 valence electrons. The van der Waals surface area contributed by atoms with Crippen molar-refractivity contribution in [1.82, 2.24) is 10.3 Å². The molecule has 0 aliphatic carbocycles. The molecule has 1 N–H and O–H groups in total. The summed E-state index contributed by atoms with van der Waals surface area (Å²) in [7, 11) is 0. The first kappa shape index (κ1) is 14.7. The van der Waals surface area contributed by atoms with Crippen LogP contribution in [-0.2, 0) is 6.42 Å². The molecule has 0 amide bonds. The number of rotatable bonds is 7. The molecule has 17 heavy (non-hydrogen) atoms. The Morgan fingerprint density at radius 3 is 2.47 bits per heavy atom. The van der Waals surface area contributed by atoms with Crippen molar-refractivity contribution in [2.75, 3.05) is 6.54 Å². The van der Waals surface area contributed by atoms with Gasteiger partial charge in [0, 0.05) is 17.3 Å². The molecule has 0 radical (unpaired) electrons. The van der Waals surface area contributed by atoms with Crippen molar-refractivity contribution < 1.29 is 0 Å². The monoisotopic (exact) mass is 254 g/mol. The lowest BCUT2D eigenvalue weighted by atomic mass is 9.95. The van der Waals surface area contributed by atoms with E-state index in [1.807, 2.05) is 11.3 Å². The second-order valence-electron chi connectivity index (χ2n) is 4.86. The minimum Gasteiger partial charge on any atom is -0.314 e. The zero-order chi connectivity index (χ0) is 12.8. The lowest BCUT2D eigenvalue weighted by Gasteiger charge is -2.22. The molecule has 3 heteroatoms. The van der Waals surface area contributed by atoms with Gasteiger partial charge in [0.1, 0.15) is 0 Å². The maximum Gasteiger partial charge on any atom is 0.0934 e. The van der Waals surface area contributed by atoms with Crippen molar-refractivity contribution >= 4 is 11.3 Å². The van der Waals surface area contributed by atoms with Crippen molar-refractivity contribution in [2.24, 2.45) is 5.92 Å². The Labute approximate surface area is 110 Å². The normalized spacial score (nSPS) is 14.9. The first-order valence-electron chi connectivity index (χ1n) is 6.74. The molecule has 1 heterocycles. The van der Waals surface area contributed by atoms with Crippen LogP contribution in [0.4, 0.5) is 0 Å². The summed E-state index contributed by atoms with van der Waals surface area (Å²) in [6, 6.07) is 0.587. The molecule has 0 bridgehead atoms. The summed E-state index contributed by atoms with van der Waals surface area (Å²) in [5, 5.41) is 4.90. The second-order valence-corrected chi connectivity index (χ2v) is 6.15. The van der Waals surface area contributed by atoms with Crippen LogP contribution in [0.5, 0.6) is 0 Å². The largest absolute Gasteiger partial charge is 0.314 e. The van der Waals surface area contributed by atoms with Gasteiger partial charge in [-0.25, -0.2) is 4.98 Å². The highest BCUT2D eigenvalue weighted by Crippen LogP contribution is 2.22. The average Bonchev–Trinajstić information content (AvgIpc) is 2.62. The highest BCUT2D eigenvalue weighted by molar-refractivity contribution is 7.11. The summed E-state index contributed by atoms with van der Waals surface area (Å²) in [4.78, 5) is 6.02. The summed E-state index contributed by atoms with van der Waals surface area (Å²) in [5.74, 6) is 0.700. The Balaban J connectivity index is 2.56. The van der Waals surface area contributed by atoms with Crippen LogP contribution < -0.4 is 5.32 Å². The Morgan fingerprint density at radius 2 is 2.00 bits per heavy atom. The molecule has 0 saturated carbocycles. The number of nitrogens with zero attached hydrogens (tertiary/aromatic N) is 1. The van der Waals surface area contributed by atoms with E-state index in [1.165, 1.54) is 28.4 Å². The standard InChI is InChI=1S/C14H26N2S/c1-6-8-15-11(4)13(7-2)9-14-16-10(3)12(5)17-14/h11,13,15H,6-9H2,1-5H3. The lowest BCUT2D eigenvalue weighted by molar-refractivity contribution is 0.362. The number of hydrogen-bond acceptors (Lipinski definition) is 3. The summed E-state index contributed by atoms with van der Waals surface area (Å²) in [6.07, 6.45) is 3.54. The van der Waals surface area contributed by atoms with Crippen molar-refractivity contribution in [2.45, 2.75) is 59.9 Å². The molecule has 0 fully saturated rings. The quantitative estimate of drug-likeness (QED) is 0.802. The Kier molecular flexibility index (Phi) is 6.14. The number of aromatic nitrogens is 1. The third kappa shape index (κ3) is 4.40. The molecule has 1 aromatic rings. The maximum absolute atomic E-state index is 4.65. The van der Waals surface area contributed by atoms with E-state index in [0.29, 0.717) is 12.0 Å². The smallest absolute Gasteiger partial charge is 0.0934 e. The fourth-order valence-corrected chi connectivity index (χ4v) is 3.09. The zero-order valence-electron chi connectivity index (χ0n) is 11.8. The molecule has 2 atom stereocenters. The Bertz CT molecular complexity index is 313. The van der Waals surface area contributed by atoms with Gasteiger partial charge in [-0.3, -0.25) is 0 Å². The summed E-state index contributed by atoms with van der Waals surface area (Å²) in [5.41, 5.74) is 1.20. The van der Waals surface area contributed by atoms with Crippen molar-refractivity contribution in [3.63, 3.8) is 0 Å². The predicted molar refractivity (Wildman–Crippen MR) is 76.8 cm³/mol. The minimum atomic E-state index is 0.587. The first-order chi connectivity index (χ1) is 8.08. The van der Waals surface area contributed by atoms with Gasteiger partial charge in [0.2, 0.25) is 0 Å². The first-order valence-corrected chi connectivity index (χ1v) is 7.56. The van der Waals surface area contributed by atoms with E-state index >= 15 is 0 Å². The third-order valence-electron chi connectivity index (χ3n) is 3.46. The molecule has 1 aromatic heterocycles. The van der Waals surface area contributed by atoms with Gasteiger partial charge in [0.05, 0.1) is 10.7 Å². The van der Waals surface area contributed by atoms with Gasteiger partial charge >= 0.3 is 0 Å². The second kappa shape index (κ2) is 7.12. The van der Waals surface area contributed by atoms with Crippen LogP contribution >= 0.6 is 11.3 Å². The van der Waals surface area contributed by atoms with Gasteiger partial charge in [-0.05, 0) is 39.7 Å². The van der Waals surface area contributed by atoms with Crippen LogP contribution in [-0.4, -0.2) is 17.6 Å². The fraction of sp³-hybridized carbons (Fsp3) is 0.786. The number of nitrogens with one attached hydrogen (secondary N) is 1. The number of hydrogen-bond donors (Lipinski definition) is 1. The third-order valence-corrected chi connectivity index (χ3v) is 4.55. The van der Waals surface area contributed by atoms with Crippen molar-refractivity contribution in [1.29, 1.82) is 0 Å².